The molecule has 1 fully saturated rings. The molecule has 1 heterocycles. The smallest absolute Gasteiger partial charge is 0.239 e. The van der Waals surface area contributed by atoms with E-state index in [0.717, 1.165) is 6.42 Å². The molecule has 0 aliphatic carbocycles. The number of carbonyl (C=O) groups is 2. The summed E-state index contributed by atoms with van der Waals surface area (Å²) in [5.74, 6) is -0.261. The van der Waals surface area contributed by atoms with Crippen LogP contribution in [0.25, 0.3) is 0 Å². The summed E-state index contributed by atoms with van der Waals surface area (Å²) in [6.45, 7) is 1.27. The van der Waals surface area contributed by atoms with Gasteiger partial charge in [0.1, 0.15) is 0 Å². The highest BCUT2D eigenvalue weighted by Gasteiger charge is 2.21. The Labute approximate surface area is 121 Å². The van der Waals surface area contributed by atoms with Crippen molar-refractivity contribution in [2.45, 2.75) is 12.8 Å². The van der Waals surface area contributed by atoms with Crippen LogP contribution in [0.5, 0.6) is 0 Å². The normalized spacial score (nSPS) is 15.9. The Kier molecular flexibility index (Phi) is 4.66. The van der Waals surface area contributed by atoms with Crippen LogP contribution in [-0.2, 0) is 16.0 Å². The summed E-state index contributed by atoms with van der Waals surface area (Å²) < 4.78 is 0. The lowest BCUT2D eigenvalue weighted by molar-refractivity contribution is -0.134. The maximum absolute atomic E-state index is 12.2. The average Bonchev–Trinajstić information content (AvgIpc) is 2.58. The summed E-state index contributed by atoms with van der Waals surface area (Å²) in [4.78, 5) is 25.2. The second-order valence-electron chi connectivity index (χ2n) is 4.40. The molecule has 102 valence electrons. The van der Waals surface area contributed by atoms with Gasteiger partial charge in [-0.1, -0.05) is 29.3 Å². The van der Waals surface area contributed by atoms with Gasteiger partial charge >= 0.3 is 0 Å². The molecule has 0 unspecified atom stereocenters. The van der Waals surface area contributed by atoms with Crippen LogP contribution in [0.15, 0.2) is 18.2 Å². The first-order chi connectivity index (χ1) is 9.08. The highest BCUT2D eigenvalue weighted by Crippen LogP contribution is 2.25. The second-order valence-corrected chi connectivity index (χ2v) is 5.21. The Hall–Kier alpha value is -1.26. The Morgan fingerprint density at radius 2 is 2.00 bits per heavy atom. The minimum Gasteiger partial charge on any atom is -0.354 e. The van der Waals surface area contributed by atoms with E-state index in [-0.39, 0.29) is 24.8 Å². The van der Waals surface area contributed by atoms with E-state index in [0.29, 0.717) is 28.7 Å². The average molecular weight is 301 g/mol. The molecule has 4 nitrogen and oxygen atoms in total. The minimum absolute atomic E-state index is 0.0981. The second kappa shape index (κ2) is 6.26. The van der Waals surface area contributed by atoms with Crippen LogP contribution in [0.1, 0.15) is 12.0 Å². The van der Waals surface area contributed by atoms with Crippen molar-refractivity contribution in [3.8, 4) is 0 Å². The molecule has 1 N–H and O–H groups in total. The van der Waals surface area contributed by atoms with Crippen LogP contribution in [0, 0.1) is 0 Å². The van der Waals surface area contributed by atoms with E-state index in [4.69, 9.17) is 23.2 Å². The topological polar surface area (TPSA) is 49.4 Å². The first kappa shape index (κ1) is 14.2. The monoisotopic (exact) mass is 300 g/mol. The molecule has 0 aromatic heterocycles. The molecule has 0 spiro atoms. The number of halogens is 2. The Morgan fingerprint density at radius 1 is 1.32 bits per heavy atom. The molecule has 1 aromatic rings. The standard InChI is InChI=1S/C13H14Cl2N2O2/c14-10-3-1-4-11(15)9(10)7-13(19)17-6-2-5-16-12(18)8-17/h1,3-4H,2,5-8H2,(H,16,18). The lowest BCUT2D eigenvalue weighted by Crippen LogP contribution is -2.38. The number of amides is 2. The van der Waals surface area contributed by atoms with Gasteiger partial charge in [0.15, 0.2) is 0 Å². The van der Waals surface area contributed by atoms with E-state index < -0.39 is 0 Å². The molecule has 6 heteroatoms. The van der Waals surface area contributed by atoms with Crippen molar-refractivity contribution in [2.24, 2.45) is 0 Å². The lowest BCUT2D eigenvalue weighted by Gasteiger charge is -2.19. The maximum Gasteiger partial charge on any atom is 0.239 e. The summed E-state index contributed by atoms with van der Waals surface area (Å²) in [5, 5.41) is 3.68. The molecule has 1 aromatic carbocycles. The third-order valence-corrected chi connectivity index (χ3v) is 3.71. The predicted molar refractivity (Wildman–Crippen MR) is 74.4 cm³/mol. The zero-order chi connectivity index (χ0) is 13.8. The van der Waals surface area contributed by atoms with Crippen molar-refractivity contribution in [1.29, 1.82) is 0 Å². The molecular formula is C13H14Cl2N2O2. The van der Waals surface area contributed by atoms with Crippen molar-refractivity contribution >= 4 is 35.0 Å². The van der Waals surface area contributed by atoms with E-state index in [1.165, 1.54) is 0 Å². The van der Waals surface area contributed by atoms with Gasteiger partial charge in [-0.3, -0.25) is 9.59 Å². The van der Waals surface area contributed by atoms with Gasteiger partial charge < -0.3 is 10.2 Å². The molecule has 1 aliphatic heterocycles. The maximum atomic E-state index is 12.2. The van der Waals surface area contributed by atoms with E-state index in [1.807, 2.05) is 0 Å². The van der Waals surface area contributed by atoms with Crippen molar-refractivity contribution < 1.29 is 9.59 Å². The Morgan fingerprint density at radius 3 is 2.68 bits per heavy atom. The van der Waals surface area contributed by atoms with E-state index >= 15 is 0 Å². The predicted octanol–water partition coefficient (Wildman–Crippen LogP) is 1.88. The van der Waals surface area contributed by atoms with Crippen LogP contribution in [0.2, 0.25) is 10.0 Å². The van der Waals surface area contributed by atoms with Crippen LogP contribution in [0.3, 0.4) is 0 Å². The van der Waals surface area contributed by atoms with Crippen molar-refractivity contribution in [1.82, 2.24) is 10.2 Å². The van der Waals surface area contributed by atoms with Crippen molar-refractivity contribution in [3.63, 3.8) is 0 Å². The van der Waals surface area contributed by atoms with Crippen LogP contribution >= 0.6 is 23.2 Å². The molecule has 0 atom stereocenters. The fourth-order valence-corrected chi connectivity index (χ4v) is 2.51. The van der Waals surface area contributed by atoms with Crippen molar-refractivity contribution in [2.75, 3.05) is 19.6 Å². The van der Waals surface area contributed by atoms with Gasteiger partial charge in [-0.25, -0.2) is 0 Å². The molecular weight excluding hydrogens is 287 g/mol. The third-order valence-electron chi connectivity index (χ3n) is 3.00. The first-order valence-electron chi connectivity index (χ1n) is 6.05. The molecule has 1 aliphatic rings. The quantitative estimate of drug-likeness (QED) is 0.907. The molecule has 2 rings (SSSR count). The van der Waals surface area contributed by atoms with Crippen LogP contribution < -0.4 is 5.32 Å². The van der Waals surface area contributed by atoms with Gasteiger partial charge in [0.2, 0.25) is 11.8 Å². The minimum atomic E-state index is -0.132. The van der Waals surface area contributed by atoms with Crippen molar-refractivity contribution in [3.05, 3.63) is 33.8 Å². The molecule has 0 bridgehead atoms. The zero-order valence-electron chi connectivity index (χ0n) is 10.3. The number of nitrogens with zero attached hydrogens (tertiary/aromatic N) is 1. The van der Waals surface area contributed by atoms with Gasteiger partial charge in [-0.05, 0) is 24.1 Å². The third kappa shape index (κ3) is 3.61. The molecule has 0 radical (unpaired) electrons. The number of nitrogens with one attached hydrogen (secondary N) is 1. The number of rotatable bonds is 2. The number of hydrogen-bond acceptors (Lipinski definition) is 2. The fraction of sp³-hybridized carbons (Fsp3) is 0.385. The summed E-state index contributed by atoms with van der Waals surface area (Å²) >= 11 is 12.1. The van der Waals surface area contributed by atoms with E-state index in [9.17, 15) is 9.59 Å². The number of benzene rings is 1. The van der Waals surface area contributed by atoms with Gasteiger partial charge in [-0.2, -0.15) is 0 Å². The summed E-state index contributed by atoms with van der Waals surface area (Å²) in [5.41, 5.74) is 0.612. The zero-order valence-corrected chi connectivity index (χ0v) is 11.8. The van der Waals surface area contributed by atoms with Crippen LogP contribution in [-0.4, -0.2) is 36.3 Å². The number of hydrogen-bond donors (Lipinski definition) is 1. The largest absolute Gasteiger partial charge is 0.354 e. The fourth-order valence-electron chi connectivity index (χ4n) is 1.98. The SMILES string of the molecule is O=C1CN(C(=O)Cc2c(Cl)cccc2Cl)CCCN1. The number of carbonyl (C=O) groups excluding carboxylic acids is 2. The molecule has 19 heavy (non-hydrogen) atoms. The Balaban J connectivity index is 2.10. The summed E-state index contributed by atoms with van der Waals surface area (Å²) in [6, 6.07) is 5.13. The Bertz CT molecular complexity index is 485. The molecule has 1 saturated heterocycles. The van der Waals surface area contributed by atoms with Crippen LogP contribution in [0.4, 0.5) is 0 Å². The highest BCUT2D eigenvalue weighted by molar-refractivity contribution is 6.36. The first-order valence-corrected chi connectivity index (χ1v) is 6.81. The molecule has 0 saturated carbocycles. The lowest BCUT2D eigenvalue weighted by atomic mass is 10.1. The molecule has 2 amide bonds. The summed E-state index contributed by atoms with van der Waals surface area (Å²) in [7, 11) is 0. The van der Waals surface area contributed by atoms with Gasteiger partial charge in [0.25, 0.3) is 0 Å². The van der Waals surface area contributed by atoms with E-state index in [2.05, 4.69) is 5.32 Å². The highest BCUT2D eigenvalue weighted by atomic mass is 35.5. The van der Waals surface area contributed by atoms with Gasteiger partial charge in [0.05, 0.1) is 13.0 Å². The van der Waals surface area contributed by atoms with Gasteiger partial charge in [-0.15, -0.1) is 0 Å². The van der Waals surface area contributed by atoms with Gasteiger partial charge in [0, 0.05) is 23.1 Å². The summed E-state index contributed by atoms with van der Waals surface area (Å²) in [6.07, 6.45) is 0.875. The van der Waals surface area contributed by atoms with E-state index in [1.54, 1.807) is 23.1 Å².